The van der Waals surface area contributed by atoms with Gasteiger partial charge >= 0.3 is 0 Å². The van der Waals surface area contributed by atoms with E-state index in [0.717, 1.165) is 5.49 Å². The first kappa shape index (κ1) is 9.83. The van der Waals surface area contributed by atoms with E-state index in [0.29, 0.717) is 0 Å². The van der Waals surface area contributed by atoms with Gasteiger partial charge in [0.05, 0.1) is 4.87 Å². The molecule has 0 spiro atoms. The van der Waals surface area contributed by atoms with Gasteiger partial charge in [-0.25, -0.2) is 0 Å². The van der Waals surface area contributed by atoms with Crippen LogP contribution in [0, 0.1) is 0 Å². The first-order chi connectivity index (χ1) is 3.92. The number of rotatable bonds is 3. The molecular formula is C5H13NPS2+. The highest BCUT2D eigenvalue weighted by atomic mass is 32.4. The van der Waals surface area contributed by atoms with Crippen molar-refractivity contribution in [1.82, 2.24) is 0 Å². The summed E-state index contributed by atoms with van der Waals surface area (Å²) < 4.78 is 0. The van der Waals surface area contributed by atoms with E-state index in [9.17, 15) is 0 Å². The van der Waals surface area contributed by atoms with Crippen LogP contribution in [0.15, 0.2) is 0 Å². The topological polar surface area (TPSA) is 26.0 Å². The number of hydrogen-bond acceptors (Lipinski definition) is 3. The summed E-state index contributed by atoms with van der Waals surface area (Å²) in [5, 5.41) is 0. The zero-order chi connectivity index (χ0) is 7.49. The van der Waals surface area contributed by atoms with Crippen molar-refractivity contribution in [3.63, 3.8) is 0 Å². The molecule has 0 aromatic heterocycles. The van der Waals surface area contributed by atoms with Crippen molar-refractivity contribution in [2.45, 2.75) is 18.7 Å². The Bertz CT molecular complexity index is 108. The molecule has 9 heavy (non-hydrogen) atoms. The minimum absolute atomic E-state index is 0.102. The second-order valence-corrected chi connectivity index (χ2v) is 8.00. The minimum atomic E-state index is -0.199. The fourth-order valence-corrected chi connectivity index (χ4v) is 2.79. The Labute approximate surface area is 67.2 Å². The minimum Gasteiger partial charge on any atom is -0.317 e. The summed E-state index contributed by atoms with van der Waals surface area (Å²) in [6.07, 6.45) is 0. The fraction of sp³-hybridized carbons (Fsp3) is 1.00. The Morgan fingerprint density at radius 1 is 1.67 bits per heavy atom. The van der Waals surface area contributed by atoms with Crippen LogP contribution in [0.1, 0.15) is 13.8 Å². The van der Waals surface area contributed by atoms with E-state index in [-0.39, 0.29) is 11.6 Å². The van der Waals surface area contributed by atoms with Crippen molar-refractivity contribution in [2.24, 2.45) is 5.73 Å². The standard InChI is InChI=1S/C5H13NPS2/c1-5(2,6)9-4-7(3)8/h4,6H2,1-3H3/q+1. The smallest absolute Gasteiger partial charge is 0.182 e. The van der Waals surface area contributed by atoms with E-state index >= 15 is 0 Å². The van der Waals surface area contributed by atoms with Gasteiger partial charge in [-0.05, 0) is 13.8 Å². The van der Waals surface area contributed by atoms with Gasteiger partial charge in [0.1, 0.15) is 6.66 Å². The Hall–Kier alpha value is 0.830. The summed E-state index contributed by atoms with van der Waals surface area (Å²) in [5.41, 5.74) is 6.75. The summed E-state index contributed by atoms with van der Waals surface area (Å²) >= 11 is 6.78. The van der Waals surface area contributed by atoms with Crippen LogP contribution < -0.4 is 5.73 Å². The molecule has 0 amide bonds. The lowest BCUT2D eigenvalue weighted by atomic mass is 10.4. The Morgan fingerprint density at radius 2 is 2.11 bits per heavy atom. The van der Waals surface area contributed by atoms with Gasteiger partial charge in [0.2, 0.25) is 0 Å². The second kappa shape index (κ2) is 3.87. The van der Waals surface area contributed by atoms with E-state index < -0.39 is 0 Å². The van der Waals surface area contributed by atoms with Gasteiger partial charge in [-0.2, -0.15) is 0 Å². The van der Waals surface area contributed by atoms with Crippen LogP contribution in [0.25, 0.3) is 0 Å². The highest BCUT2D eigenvalue weighted by molar-refractivity contribution is 8.15. The van der Waals surface area contributed by atoms with Gasteiger partial charge in [-0.1, -0.05) is 11.8 Å². The lowest BCUT2D eigenvalue weighted by molar-refractivity contribution is 0.761. The van der Waals surface area contributed by atoms with Crippen molar-refractivity contribution in [3.05, 3.63) is 0 Å². The molecule has 0 aromatic carbocycles. The van der Waals surface area contributed by atoms with Gasteiger partial charge in [0.25, 0.3) is 0 Å². The number of hydrogen-bond donors (Lipinski definition) is 1. The fourth-order valence-electron chi connectivity index (χ4n) is 0.257. The lowest BCUT2D eigenvalue weighted by Crippen LogP contribution is -2.27. The third-order valence-corrected chi connectivity index (χ3v) is 4.28. The SMILES string of the molecule is C[P+](=S)CSC(C)(C)N. The van der Waals surface area contributed by atoms with Crippen LogP contribution in [0.4, 0.5) is 0 Å². The van der Waals surface area contributed by atoms with Crippen LogP contribution in [-0.4, -0.2) is 17.0 Å². The highest BCUT2D eigenvalue weighted by Gasteiger charge is 2.14. The quantitative estimate of drug-likeness (QED) is 0.533. The molecular weight excluding hydrogens is 169 g/mol. The molecule has 0 saturated carbocycles. The molecule has 1 atom stereocenters. The van der Waals surface area contributed by atoms with E-state index in [2.05, 4.69) is 6.66 Å². The Kier molecular flexibility index (Phi) is 4.22. The van der Waals surface area contributed by atoms with Crippen LogP contribution in [-0.2, 0) is 11.8 Å². The average molecular weight is 182 g/mol. The molecule has 0 fully saturated rings. The Morgan fingerprint density at radius 3 is 2.22 bits per heavy atom. The highest BCUT2D eigenvalue weighted by Crippen LogP contribution is 2.28. The summed E-state index contributed by atoms with van der Waals surface area (Å²) in [7, 11) is 0. The monoisotopic (exact) mass is 182 g/mol. The lowest BCUT2D eigenvalue weighted by Gasteiger charge is -2.13. The van der Waals surface area contributed by atoms with Crippen molar-refractivity contribution < 1.29 is 0 Å². The van der Waals surface area contributed by atoms with Crippen molar-refractivity contribution in [3.8, 4) is 0 Å². The predicted molar refractivity (Wildman–Crippen MR) is 50.9 cm³/mol. The van der Waals surface area contributed by atoms with Gasteiger partial charge < -0.3 is 5.73 Å². The maximum absolute atomic E-state index is 5.71. The van der Waals surface area contributed by atoms with Gasteiger partial charge in [-0.15, -0.1) is 0 Å². The van der Waals surface area contributed by atoms with E-state index in [1.165, 1.54) is 0 Å². The molecule has 0 aliphatic rings. The number of thioether (sulfide) groups is 1. The maximum Gasteiger partial charge on any atom is 0.182 e. The molecule has 2 N–H and O–H groups in total. The van der Waals surface area contributed by atoms with Crippen LogP contribution >= 0.6 is 18.5 Å². The first-order valence-electron chi connectivity index (χ1n) is 2.73. The normalized spacial score (nSPS) is 13.6. The summed E-state index contributed by atoms with van der Waals surface area (Å²) in [6.45, 7) is 5.90. The molecule has 0 saturated heterocycles. The van der Waals surface area contributed by atoms with Gasteiger partial charge in [0.15, 0.2) is 24.0 Å². The van der Waals surface area contributed by atoms with Crippen molar-refractivity contribution >= 4 is 30.3 Å². The Balaban J connectivity index is 3.39. The van der Waals surface area contributed by atoms with Crippen LogP contribution in [0.5, 0.6) is 0 Å². The second-order valence-electron chi connectivity index (χ2n) is 2.50. The number of nitrogens with two attached hydrogens (primary N) is 1. The third-order valence-electron chi connectivity index (χ3n) is 0.618. The maximum atomic E-state index is 5.71. The molecule has 4 heteroatoms. The molecule has 0 aromatic rings. The predicted octanol–water partition coefficient (Wildman–Crippen LogP) is 1.95. The first-order valence-corrected chi connectivity index (χ1v) is 6.70. The van der Waals surface area contributed by atoms with Crippen LogP contribution in [0.2, 0.25) is 0 Å². The molecule has 0 bridgehead atoms. The van der Waals surface area contributed by atoms with Crippen LogP contribution in [0.3, 0.4) is 0 Å². The largest absolute Gasteiger partial charge is 0.317 e. The molecule has 0 aliphatic heterocycles. The molecule has 1 unspecified atom stereocenters. The molecule has 0 radical (unpaired) electrons. The molecule has 0 heterocycles. The average Bonchev–Trinajstić information content (AvgIpc) is 1.59. The van der Waals surface area contributed by atoms with Gasteiger partial charge in [0, 0.05) is 0 Å². The molecule has 0 rings (SSSR count). The zero-order valence-corrected chi connectivity index (χ0v) is 8.58. The summed E-state index contributed by atoms with van der Waals surface area (Å²) in [6, 6.07) is 0. The molecule has 54 valence electrons. The van der Waals surface area contributed by atoms with E-state index in [1.54, 1.807) is 11.8 Å². The van der Waals surface area contributed by atoms with Crippen molar-refractivity contribution in [2.75, 3.05) is 12.2 Å². The molecule has 0 aliphatic carbocycles. The van der Waals surface area contributed by atoms with E-state index in [4.69, 9.17) is 17.5 Å². The summed E-state index contributed by atoms with van der Waals surface area (Å²) in [4.78, 5) is -0.102. The molecule has 1 nitrogen and oxygen atoms in total. The third kappa shape index (κ3) is 8.83. The van der Waals surface area contributed by atoms with E-state index in [1.807, 2.05) is 13.8 Å². The zero-order valence-electron chi connectivity index (χ0n) is 6.05. The summed E-state index contributed by atoms with van der Waals surface area (Å²) in [5.74, 6) is 0. The van der Waals surface area contributed by atoms with Crippen molar-refractivity contribution in [1.29, 1.82) is 0 Å². The van der Waals surface area contributed by atoms with Gasteiger partial charge in [-0.3, -0.25) is 0 Å².